The van der Waals surface area contributed by atoms with Gasteiger partial charge in [0.25, 0.3) is 0 Å². The summed E-state index contributed by atoms with van der Waals surface area (Å²) in [5, 5.41) is 12.3. The number of alkyl carbamates (subject to hydrolysis) is 1. The zero-order chi connectivity index (χ0) is 18.1. The molecule has 1 atom stereocenters. The lowest BCUT2D eigenvalue weighted by Gasteiger charge is -2.29. The Bertz CT molecular complexity index is 659. The molecule has 1 amide bonds. The summed E-state index contributed by atoms with van der Waals surface area (Å²) in [6, 6.07) is 0. The number of carbonyl (C=O) groups is 2. The third-order valence-electron chi connectivity index (χ3n) is 3.70. The number of halogens is 1. The number of ether oxygens (including phenoxy) is 1. The maximum Gasteiger partial charge on any atom is 0.408 e. The van der Waals surface area contributed by atoms with Crippen molar-refractivity contribution in [1.82, 2.24) is 10.3 Å². The van der Waals surface area contributed by atoms with E-state index in [9.17, 15) is 14.7 Å². The second kappa shape index (κ2) is 6.58. The van der Waals surface area contributed by atoms with Crippen molar-refractivity contribution in [2.45, 2.75) is 45.3 Å². The summed E-state index contributed by atoms with van der Waals surface area (Å²) in [5.74, 6) is -1.03. The summed E-state index contributed by atoms with van der Waals surface area (Å²) in [6.07, 6.45) is 3.11. The van der Waals surface area contributed by atoms with Crippen LogP contribution in [0.5, 0.6) is 0 Å². The Labute approximate surface area is 149 Å². The number of carboxylic acid groups (broad SMARTS) is 1. The summed E-state index contributed by atoms with van der Waals surface area (Å²) in [6.45, 7) is 8.45. The molecule has 8 heteroatoms. The van der Waals surface area contributed by atoms with Crippen molar-refractivity contribution >= 4 is 33.7 Å². The van der Waals surface area contributed by atoms with Crippen molar-refractivity contribution in [2.75, 3.05) is 18.0 Å². The highest BCUT2D eigenvalue weighted by Crippen LogP contribution is 2.34. The van der Waals surface area contributed by atoms with E-state index >= 15 is 0 Å². The van der Waals surface area contributed by atoms with Gasteiger partial charge < -0.3 is 20.1 Å². The van der Waals surface area contributed by atoms with Gasteiger partial charge in [-0.05, 0) is 50.0 Å². The highest BCUT2D eigenvalue weighted by molar-refractivity contribution is 9.10. The van der Waals surface area contributed by atoms with Gasteiger partial charge in [-0.1, -0.05) is 0 Å². The quantitative estimate of drug-likeness (QED) is 0.811. The molecule has 0 radical (unpaired) electrons. The van der Waals surface area contributed by atoms with Gasteiger partial charge in [-0.3, -0.25) is 4.98 Å². The first-order valence-electron chi connectivity index (χ1n) is 7.64. The van der Waals surface area contributed by atoms with Gasteiger partial charge in [0.15, 0.2) is 0 Å². The van der Waals surface area contributed by atoms with Gasteiger partial charge in [-0.25, -0.2) is 9.59 Å². The van der Waals surface area contributed by atoms with Gasteiger partial charge in [0.05, 0.1) is 15.7 Å². The normalized spacial score (nSPS) is 20.8. The fourth-order valence-electron chi connectivity index (χ4n) is 2.71. The lowest BCUT2D eigenvalue weighted by molar-refractivity contribution is 0.0472. The van der Waals surface area contributed by atoms with Gasteiger partial charge in [0, 0.05) is 25.5 Å². The molecule has 0 unspecified atom stereocenters. The highest BCUT2D eigenvalue weighted by Gasteiger charge is 2.38. The molecule has 132 valence electrons. The monoisotopic (exact) mass is 399 g/mol. The summed E-state index contributed by atoms with van der Waals surface area (Å²) in [5.41, 5.74) is -0.359. The molecule has 0 spiro atoms. The van der Waals surface area contributed by atoms with E-state index in [-0.39, 0.29) is 5.56 Å². The minimum Gasteiger partial charge on any atom is -0.478 e. The third-order valence-corrected chi connectivity index (χ3v) is 4.28. The fraction of sp³-hybridized carbons (Fsp3) is 0.562. The van der Waals surface area contributed by atoms with Crippen LogP contribution in [0.3, 0.4) is 0 Å². The van der Waals surface area contributed by atoms with Crippen LogP contribution in [-0.2, 0) is 4.74 Å². The number of nitrogens with zero attached hydrogens (tertiary/aromatic N) is 2. The molecular weight excluding hydrogens is 378 g/mol. The Kier molecular flexibility index (Phi) is 5.08. The maximum absolute atomic E-state index is 12.0. The second-order valence-electron chi connectivity index (χ2n) is 7.18. The first-order chi connectivity index (χ1) is 11.0. The molecule has 1 aliphatic rings. The van der Waals surface area contributed by atoms with Crippen LogP contribution in [0.25, 0.3) is 0 Å². The van der Waals surface area contributed by atoms with Crippen LogP contribution >= 0.6 is 15.9 Å². The van der Waals surface area contributed by atoms with Gasteiger partial charge >= 0.3 is 12.1 Å². The van der Waals surface area contributed by atoms with E-state index in [2.05, 4.69) is 26.2 Å². The van der Waals surface area contributed by atoms with Crippen LogP contribution < -0.4 is 10.2 Å². The average Bonchev–Trinajstić information content (AvgIpc) is 2.77. The zero-order valence-corrected chi connectivity index (χ0v) is 15.8. The van der Waals surface area contributed by atoms with Crippen LogP contribution in [0.15, 0.2) is 16.9 Å². The van der Waals surface area contributed by atoms with Crippen LogP contribution in [0.2, 0.25) is 0 Å². The number of rotatable bonds is 3. The third kappa shape index (κ3) is 4.37. The summed E-state index contributed by atoms with van der Waals surface area (Å²) in [7, 11) is 0. The predicted molar refractivity (Wildman–Crippen MR) is 93.5 cm³/mol. The Morgan fingerprint density at radius 1 is 1.42 bits per heavy atom. The number of aromatic nitrogens is 1. The molecule has 7 nitrogen and oxygen atoms in total. The number of nitrogens with one attached hydrogen (secondary N) is 1. The van der Waals surface area contributed by atoms with Crippen LogP contribution in [0.4, 0.5) is 10.5 Å². The summed E-state index contributed by atoms with van der Waals surface area (Å²) < 4.78 is 5.92. The Balaban J connectivity index is 2.16. The average molecular weight is 400 g/mol. The fourth-order valence-corrected chi connectivity index (χ4v) is 3.29. The van der Waals surface area contributed by atoms with Crippen LogP contribution in [0.1, 0.15) is 44.5 Å². The molecule has 24 heavy (non-hydrogen) atoms. The number of pyridine rings is 1. The molecule has 0 saturated carbocycles. The number of hydrogen-bond donors (Lipinski definition) is 2. The molecule has 0 aromatic carbocycles. The maximum atomic E-state index is 12.0. The Morgan fingerprint density at radius 3 is 2.67 bits per heavy atom. The van der Waals surface area contributed by atoms with E-state index in [1.807, 2.05) is 32.6 Å². The van der Waals surface area contributed by atoms with Crippen LogP contribution in [-0.4, -0.2) is 46.4 Å². The second-order valence-corrected chi connectivity index (χ2v) is 8.04. The number of carboxylic acids is 1. The topological polar surface area (TPSA) is 91.8 Å². The van der Waals surface area contributed by atoms with E-state index in [4.69, 9.17) is 4.74 Å². The largest absolute Gasteiger partial charge is 0.478 e. The molecule has 1 aromatic rings. The first kappa shape index (κ1) is 18.5. The smallest absolute Gasteiger partial charge is 0.408 e. The molecule has 0 aliphatic carbocycles. The molecule has 2 heterocycles. The molecular formula is C16H22BrN3O4. The molecule has 0 bridgehead atoms. The standard InChI is InChI=1S/C16H22BrN3O4/c1-15(2,3)24-14(23)19-16(4)5-6-20(9-16)12-10(13(21)22)7-18-8-11(12)17/h7-8H,5-6,9H2,1-4H3,(H,19,23)(H,21,22)/t16-/m0/s1. The number of aromatic carboxylic acids is 1. The molecule has 2 N–H and O–H groups in total. The minimum absolute atomic E-state index is 0.130. The highest BCUT2D eigenvalue weighted by atomic mass is 79.9. The van der Waals surface area contributed by atoms with E-state index < -0.39 is 23.2 Å². The van der Waals surface area contributed by atoms with E-state index in [1.54, 1.807) is 6.20 Å². The SMILES string of the molecule is CC(C)(C)OC(=O)N[C@@]1(C)CCN(c2c(Br)cncc2C(=O)O)C1. The van der Waals surface area contributed by atoms with Gasteiger partial charge in [0.2, 0.25) is 0 Å². The molecule has 1 saturated heterocycles. The van der Waals surface area contributed by atoms with Crippen molar-refractivity contribution in [3.63, 3.8) is 0 Å². The summed E-state index contributed by atoms with van der Waals surface area (Å²) in [4.78, 5) is 29.3. The predicted octanol–water partition coefficient (Wildman–Crippen LogP) is 3.04. The van der Waals surface area contributed by atoms with E-state index in [0.717, 1.165) is 0 Å². The van der Waals surface area contributed by atoms with Gasteiger partial charge in [0.1, 0.15) is 11.2 Å². The van der Waals surface area contributed by atoms with E-state index in [1.165, 1.54) is 6.20 Å². The zero-order valence-electron chi connectivity index (χ0n) is 14.2. The number of hydrogen-bond acceptors (Lipinski definition) is 5. The Hall–Kier alpha value is -1.83. The molecule has 1 aromatic heterocycles. The number of amides is 1. The number of anilines is 1. The molecule has 1 aliphatic heterocycles. The molecule has 1 fully saturated rings. The minimum atomic E-state index is -1.03. The number of carbonyl (C=O) groups excluding carboxylic acids is 1. The van der Waals surface area contributed by atoms with Gasteiger partial charge in [-0.15, -0.1) is 0 Å². The summed E-state index contributed by atoms with van der Waals surface area (Å²) >= 11 is 3.37. The van der Waals surface area contributed by atoms with Crippen LogP contribution in [0, 0.1) is 0 Å². The van der Waals surface area contributed by atoms with Crippen molar-refractivity contribution < 1.29 is 19.4 Å². The lowest BCUT2D eigenvalue weighted by Crippen LogP contribution is -2.49. The van der Waals surface area contributed by atoms with E-state index in [0.29, 0.717) is 29.7 Å². The van der Waals surface area contributed by atoms with Gasteiger partial charge in [-0.2, -0.15) is 0 Å². The van der Waals surface area contributed by atoms with Crippen molar-refractivity contribution in [1.29, 1.82) is 0 Å². The molecule has 2 rings (SSSR count). The van der Waals surface area contributed by atoms with Crippen molar-refractivity contribution in [3.05, 3.63) is 22.4 Å². The lowest BCUT2D eigenvalue weighted by atomic mass is 10.0. The Morgan fingerprint density at radius 2 is 2.08 bits per heavy atom. The van der Waals surface area contributed by atoms with Crippen molar-refractivity contribution in [3.8, 4) is 0 Å². The van der Waals surface area contributed by atoms with Crippen molar-refractivity contribution in [2.24, 2.45) is 0 Å². The first-order valence-corrected chi connectivity index (χ1v) is 8.43.